The van der Waals surface area contributed by atoms with Crippen LogP contribution in [0, 0.1) is 5.82 Å². The number of furan rings is 1. The molecule has 0 bridgehead atoms. The summed E-state index contributed by atoms with van der Waals surface area (Å²) >= 11 is 5.73. The zero-order chi connectivity index (χ0) is 19.2. The molecule has 0 aliphatic rings. The van der Waals surface area contributed by atoms with Crippen LogP contribution in [0.2, 0.25) is 5.02 Å². The van der Waals surface area contributed by atoms with Crippen LogP contribution >= 0.6 is 11.6 Å². The Bertz CT molecular complexity index is 898. The molecule has 0 saturated heterocycles. The second-order valence-electron chi connectivity index (χ2n) is 5.87. The van der Waals surface area contributed by atoms with Gasteiger partial charge in [0, 0.05) is 5.69 Å². The lowest BCUT2D eigenvalue weighted by Crippen LogP contribution is -2.33. The lowest BCUT2D eigenvalue weighted by atomic mass is 10.3. The van der Waals surface area contributed by atoms with Crippen molar-refractivity contribution >= 4 is 23.2 Å². The Kier molecular flexibility index (Phi) is 6.20. The Balaban J connectivity index is 1.61. The first-order valence-corrected chi connectivity index (χ1v) is 8.76. The van der Waals surface area contributed by atoms with Gasteiger partial charge in [-0.05, 0) is 43.3 Å². The first kappa shape index (κ1) is 19.1. The maximum atomic E-state index is 13.2. The minimum absolute atomic E-state index is 0.0467. The molecule has 2 heterocycles. The van der Waals surface area contributed by atoms with Gasteiger partial charge < -0.3 is 14.2 Å². The molecular weight excluding hydrogens is 375 g/mol. The van der Waals surface area contributed by atoms with Crippen molar-refractivity contribution in [2.45, 2.75) is 19.9 Å². The van der Waals surface area contributed by atoms with E-state index in [0.717, 1.165) is 6.42 Å². The van der Waals surface area contributed by atoms with Gasteiger partial charge in [-0.3, -0.25) is 9.69 Å². The molecule has 0 radical (unpaired) electrons. The molecule has 3 aromatic rings. The van der Waals surface area contributed by atoms with E-state index >= 15 is 0 Å². The summed E-state index contributed by atoms with van der Waals surface area (Å²) in [5, 5.41) is 10.6. The Morgan fingerprint density at radius 2 is 2.19 bits per heavy atom. The third-order valence-corrected chi connectivity index (χ3v) is 3.96. The van der Waals surface area contributed by atoms with Gasteiger partial charge in [-0.1, -0.05) is 18.5 Å². The second kappa shape index (κ2) is 8.79. The molecule has 0 saturated carbocycles. The fraction of sp³-hybridized carbons (Fsp3) is 0.278. The molecular formula is C18H18ClFN4O3. The second-order valence-corrected chi connectivity index (χ2v) is 6.27. The van der Waals surface area contributed by atoms with E-state index in [1.165, 1.54) is 24.5 Å². The number of halogens is 2. The van der Waals surface area contributed by atoms with Crippen LogP contribution in [0.3, 0.4) is 0 Å². The molecule has 1 amide bonds. The van der Waals surface area contributed by atoms with Crippen molar-refractivity contribution in [3.8, 4) is 11.7 Å². The maximum absolute atomic E-state index is 13.2. The van der Waals surface area contributed by atoms with Gasteiger partial charge >= 0.3 is 0 Å². The Hall–Kier alpha value is -2.71. The molecule has 27 heavy (non-hydrogen) atoms. The van der Waals surface area contributed by atoms with Gasteiger partial charge in [0.2, 0.25) is 11.8 Å². The average molecular weight is 393 g/mol. The molecule has 3 rings (SSSR count). The number of aromatic nitrogens is 2. The molecule has 2 aromatic heterocycles. The standard InChI is InChI=1S/C18H18ClFN4O3/c1-2-7-24(10-16(25)21-12-5-6-14(20)13(19)9-12)11-17-22-23-18(27-17)15-4-3-8-26-15/h3-6,8-9H,2,7,10-11H2,1H3,(H,21,25). The summed E-state index contributed by atoms with van der Waals surface area (Å²) in [5.74, 6) is 0.369. The SMILES string of the molecule is CCCN(CC(=O)Nc1ccc(F)c(Cl)c1)Cc1nnc(-c2ccco2)o1. The van der Waals surface area contributed by atoms with Gasteiger partial charge in [-0.15, -0.1) is 10.2 Å². The summed E-state index contributed by atoms with van der Waals surface area (Å²) in [7, 11) is 0. The number of carbonyl (C=O) groups excluding carboxylic acids is 1. The van der Waals surface area contributed by atoms with Crippen LogP contribution in [0.5, 0.6) is 0 Å². The van der Waals surface area contributed by atoms with Crippen molar-refractivity contribution < 1.29 is 18.0 Å². The van der Waals surface area contributed by atoms with E-state index in [9.17, 15) is 9.18 Å². The Morgan fingerprint density at radius 3 is 2.89 bits per heavy atom. The van der Waals surface area contributed by atoms with Crippen LogP contribution in [0.25, 0.3) is 11.7 Å². The molecule has 0 fully saturated rings. The van der Waals surface area contributed by atoms with Gasteiger partial charge in [0.25, 0.3) is 5.89 Å². The number of benzene rings is 1. The van der Waals surface area contributed by atoms with Crippen molar-refractivity contribution in [3.63, 3.8) is 0 Å². The predicted molar refractivity (Wildman–Crippen MR) is 97.6 cm³/mol. The van der Waals surface area contributed by atoms with Gasteiger partial charge in [-0.25, -0.2) is 4.39 Å². The fourth-order valence-corrected chi connectivity index (χ4v) is 2.70. The molecule has 0 spiro atoms. The van der Waals surface area contributed by atoms with E-state index in [2.05, 4.69) is 15.5 Å². The maximum Gasteiger partial charge on any atom is 0.283 e. The third-order valence-electron chi connectivity index (χ3n) is 3.67. The minimum atomic E-state index is -0.536. The molecule has 0 aliphatic carbocycles. The van der Waals surface area contributed by atoms with Crippen LogP contribution < -0.4 is 5.32 Å². The lowest BCUT2D eigenvalue weighted by Gasteiger charge is -2.19. The number of amides is 1. The molecule has 1 aromatic carbocycles. The summed E-state index contributed by atoms with van der Waals surface area (Å²) in [6, 6.07) is 7.48. The number of nitrogens with zero attached hydrogens (tertiary/aromatic N) is 3. The molecule has 7 nitrogen and oxygen atoms in total. The van der Waals surface area contributed by atoms with Gasteiger partial charge in [0.15, 0.2) is 5.76 Å². The van der Waals surface area contributed by atoms with Gasteiger partial charge in [-0.2, -0.15) is 0 Å². The van der Waals surface area contributed by atoms with E-state index in [1.807, 2.05) is 11.8 Å². The van der Waals surface area contributed by atoms with Gasteiger partial charge in [0.1, 0.15) is 5.82 Å². The molecule has 142 valence electrons. The average Bonchev–Trinajstić information content (AvgIpc) is 3.29. The third kappa shape index (κ3) is 5.15. The number of hydrogen-bond acceptors (Lipinski definition) is 6. The van der Waals surface area contributed by atoms with E-state index in [-0.39, 0.29) is 23.4 Å². The zero-order valence-electron chi connectivity index (χ0n) is 14.6. The van der Waals surface area contributed by atoms with Crippen molar-refractivity contribution in [1.29, 1.82) is 0 Å². The molecule has 1 N–H and O–H groups in total. The minimum Gasteiger partial charge on any atom is -0.459 e. The van der Waals surface area contributed by atoms with Crippen molar-refractivity contribution in [2.75, 3.05) is 18.4 Å². The molecule has 9 heteroatoms. The molecule has 0 aliphatic heterocycles. The highest BCUT2D eigenvalue weighted by Gasteiger charge is 2.16. The summed E-state index contributed by atoms with van der Waals surface area (Å²) in [4.78, 5) is 14.2. The number of hydrogen-bond donors (Lipinski definition) is 1. The van der Waals surface area contributed by atoms with Crippen LogP contribution in [0.1, 0.15) is 19.2 Å². The van der Waals surface area contributed by atoms with Gasteiger partial charge in [0.05, 0.1) is 24.4 Å². The van der Waals surface area contributed by atoms with Crippen LogP contribution in [0.15, 0.2) is 45.4 Å². The predicted octanol–water partition coefficient (Wildman–Crippen LogP) is 3.97. The summed E-state index contributed by atoms with van der Waals surface area (Å²) < 4.78 is 24.0. The first-order valence-electron chi connectivity index (χ1n) is 8.38. The highest BCUT2D eigenvalue weighted by Crippen LogP contribution is 2.20. The number of nitrogens with one attached hydrogen (secondary N) is 1. The van der Waals surface area contributed by atoms with Crippen molar-refractivity contribution in [2.24, 2.45) is 0 Å². The van der Waals surface area contributed by atoms with Crippen molar-refractivity contribution in [3.05, 3.63) is 53.3 Å². The fourth-order valence-electron chi connectivity index (χ4n) is 2.52. The number of rotatable bonds is 8. The quantitative estimate of drug-likeness (QED) is 0.624. The first-order chi connectivity index (χ1) is 13.0. The summed E-state index contributed by atoms with van der Waals surface area (Å²) in [6.45, 7) is 3.10. The monoisotopic (exact) mass is 392 g/mol. The van der Waals surface area contributed by atoms with E-state index in [4.69, 9.17) is 20.4 Å². The van der Waals surface area contributed by atoms with Crippen LogP contribution in [-0.4, -0.2) is 34.1 Å². The highest BCUT2D eigenvalue weighted by atomic mass is 35.5. The summed E-state index contributed by atoms with van der Waals surface area (Å²) in [6.07, 6.45) is 2.36. The largest absolute Gasteiger partial charge is 0.459 e. The summed E-state index contributed by atoms with van der Waals surface area (Å²) in [5.41, 5.74) is 0.431. The number of carbonyl (C=O) groups is 1. The van der Waals surface area contributed by atoms with E-state index in [0.29, 0.717) is 30.4 Å². The normalized spacial score (nSPS) is 11.1. The highest BCUT2D eigenvalue weighted by molar-refractivity contribution is 6.31. The van der Waals surface area contributed by atoms with Crippen LogP contribution in [0.4, 0.5) is 10.1 Å². The lowest BCUT2D eigenvalue weighted by molar-refractivity contribution is -0.117. The molecule has 0 atom stereocenters. The molecule has 0 unspecified atom stereocenters. The van der Waals surface area contributed by atoms with E-state index < -0.39 is 5.82 Å². The number of anilines is 1. The topological polar surface area (TPSA) is 84.4 Å². The smallest absolute Gasteiger partial charge is 0.283 e. The van der Waals surface area contributed by atoms with Crippen molar-refractivity contribution in [1.82, 2.24) is 15.1 Å². The van der Waals surface area contributed by atoms with E-state index in [1.54, 1.807) is 12.1 Å². The Morgan fingerprint density at radius 1 is 1.33 bits per heavy atom. The zero-order valence-corrected chi connectivity index (χ0v) is 15.4. The Labute approximate surface area is 160 Å². The van der Waals surface area contributed by atoms with Crippen LogP contribution in [-0.2, 0) is 11.3 Å².